The molecule has 2 N–H and O–H groups in total. The molecule has 1 aliphatic carbocycles. The molecule has 30 heavy (non-hydrogen) atoms. The average Bonchev–Trinajstić information content (AvgIpc) is 2.61. The first-order valence-electron chi connectivity index (χ1n) is 10.1. The molecule has 0 unspecified atom stereocenters. The van der Waals surface area contributed by atoms with Crippen LogP contribution in [0, 0.1) is 5.41 Å². The van der Waals surface area contributed by atoms with Crippen LogP contribution in [0.15, 0.2) is 47.2 Å². The van der Waals surface area contributed by atoms with Gasteiger partial charge in [0, 0.05) is 28.3 Å². The molecule has 2 amide bonds. The van der Waals surface area contributed by atoms with Crippen molar-refractivity contribution in [3.63, 3.8) is 0 Å². The first-order chi connectivity index (χ1) is 13.8. The Bertz CT molecular complexity index is 969. The molecule has 0 atom stereocenters. The molecule has 0 bridgehead atoms. The second kappa shape index (κ2) is 8.81. The van der Waals surface area contributed by atoms with Gasteiger partial charge in [-0.1, -0.05) is 33.4 Å². The highest BCUT2D eigenvalue weighted by Gasteiger charge is 2.25. The summed E-state index contributed by atoms with van der Waals surface area (Å²) in [6.45, 7) is 14.9. The van der Waals surface area contributed by atoms with Crippen molar-refractivity contribution in [1.29, 1.82) is 0 Å². The van der Waals surface area contributed by atoms with Gasteiger partial charge >= 0.3 is 0 Å². The lowest BCUT2D eigenvalue weighted by molar-refractivity contribution is -0.127. The summed E-state index contributed by atoms with van der Waals surface area (Å²) < 4.78 is 1.27. The number of carbonyl (C=O) groups is 2. The van der Waals surface area contributed by atoms with Crippen molar-refractivity contribution in [2.45, 2.75) is 66.5 Å². The lowest BCUT2D eigenvalue weighted by Gasteiger charge is -2.23. The van der Waals surface area contributed by atoms with Crippen molar-refractivity contribution in [3.8, 4) is 0 Å². The SMILES string of the molecule is C=CC1=CC(NC(=O)C(C)(C)C)=C(c2cc(=O)n(CC(=O)NC(C)(C)C)cn2)CC1. The average molecular weight is 413 g/mol. The Morgan fingerprint density at radius 1 is 1.20 bits per heavy atom. The van der Waals surface area contributed by atoms with Crippen molar-refractivity contribution in [2.24, 2.45) is 5.41 Å². The second-order valence-corrected chi connectivity index (χ2v) is 9.56. The maximum atomic E-state index is 12.6. The zero-order valence-electron chi connectivity index (χ0n) is 18.8. The van der Waals surface area contributed by atoms with Crippen molar-refractivity contribution in [3.05, 3.63) is 58.4 Å². The number of hydrogen-bond acceptors (Lipinski definition) is 4. The Morgan fingerprint density at radius 2 is 1.87 bits per heavy atom. The quantitative estimate of drug-likeness (QED) is 0.778. The number of amides is 2. The van der Waals surface area contributed by atoms with Gasteiger partial charge in [-0.05, 0) is 45.3 Å². The molecule has 7 heteroatoms. The number of rotatable bonds is 5. The minimum atomic E-state index is -0.561. The number of hydrogen-bond donors (Lipinski definition) is 2. The van der Waals surface area contributed by atoms with Crippen LogP contribution in [0.4, 0.5) is 0 Å². The zero-order chi connectivity index (χ0) is 22.7. The van der Waals surface area contributed by atoms with Gasteiger partial charge in [-0.3, -0.25) is 19.0 Å². The normalized spacial score (nSPS) is 14.8. The van der Waals surface area contributed by atoms with Gasteiger partial charge in [-0.25, -0.2) is 4.98 Å². The molecule has 0 spiro atoms. The molecule has 162 valence electrons. The highest BCUT2D eigenvalue weighted by molar-refractivity contribution is 5.86. The number of carbonyl (C=O) groups excluding carboxylic acids is 2. The molecule has 0 fully saturated rings. The molecule has 1 heterocycles. The Balaban J connectivity index is 2.37. The van der Waals surface area contributed by atoms with E-state index in [2.05, 4.69) is 22.2 Å². The van der Waals surface area contributed by atoms with E-state index in [1.165, 1.54) is 17.0 Å². The molecular formula is C23H32N4O3. The third kappa shape index (κ3) is 6.27. The van der Waals surface area contributed by atoms with E-state index < -0.39 is 5.41 Å². The fourth-order valence-electron chi connectivity index (χ4n) is 2.92. The van der Waals surface area contributed by atoms with Crippen LogP contribution < -0.4 is 16.2 Å². The van der Waals surface area contributed by atoms with Gasteiger partial charge in [0.25, 0.3) is 5.56 Å². The molecule has 2 rings (SSSR count). The summed E-state index contributed by atoms with van der Waals surface area (Å²) in [7, 11) is 0. The molecule has 1 aromatic rings. The van der Waals surface area contributed by atoms with Crippen LogP contribution >= 0.6 is 0 Å². The highest BCUT2D eigenvalue weighted by atomic mass is 16.2. The number of allylic oxidation sites excluding steroid dienone is 4. The highest BCUT2D eigenvalue weighted by Crippen LogP contribution is 2.30. The molecular weight excluding hydrogens is 380 g/mol. The van der Waals surface area contributed by atoms with Crippen LogP contribution in [0.3, 0.4) is 0 Å². The predicted molar refractivity (Wildman–Crippen MR) is 118 cm³/mol. The molecule has 0 radical (unpaired) electrons. The molecule has 0 aromatic carbocycles. The van der Waals surface area contributed by atoms with Gasteiger partial charge in [0.1, 0.15) is 6.54 Å². The van der Waals surface area contributed by atoms with E-state index in [1.54, 1.807) is 6.08 Å². The minimum absolute atomic E-state index is 0.101. The van der Waals surface area contributed by atoms with Crippen molar-refractivity contribution < 1.29 is 9.59 Å². The van der Waals surface area contributed by atoms with Crippen LogP contribution in [0.1, 0.15) is 60.1 Å². The van der Waals surface area contributed by atoms with Crippen LogP contribution in [0.5, 0.6) is 0 Å². The fraction of sp³-hybridized carbons (Fsp3) is 0.478. The van der Waals surface area contributed by atoms with Gasteiger partial charge in [-0.15, -0.1) is 0 Å². The van der Waals surface area contributed by atoms with E-state index in [1.807, 2.05) is 47.6 Å². The van der Waals surface area contributed by atoms with E-state index in [0.717, 1.165) is 17.6 Å². The van der Waals surface area contributed by atoms with Gasteiger partial charge in [0.2, 0.25) is 11.8 Å². The zero-order valence-corrected chi connectivity index (χ0v) is 18.8. The molecule has 0 saturated heterocycles. The first-order valence-corrected chi connectivity index (χ1v) is 10.1. The lowest BCUT2D eigenvalue weighted by atomic mass is 9.91. The van der Waals surface area contributed by atoms with Gasteiger partial charge < -0.3 is 10.6 Å². The summed E-state index contributed by atoms with van der Waals surface area (Å²) in [5.41, 5.74) is 1.67. The Kier molecular flexibility index (Phi) is 6.85. The summed E-state index contributed by atoms with van der Waals surface area (Å²) in [4.78, 5) is 41.7. The predicted octanol–water partition coefficient (Wildman–Crippen LogP) is 2.94. The van der Waals surface area contributed by atoms with Gasteiger partial charge in [0.05, 0.1) is 12.0 Å². The Labute approximate surface area is 178 Å². The third-order valence-corrected chi connectivity index (χ3v) is 4.53. The summed E-state index contributed by atoms with van der Waals surface area (Å²) in [6.07, 6.45) is 6.38. The van der Waals surface area contributed by atoms with Crippen molar-refractivity contribution in [2.75, 3.05) is 0 Å². The molecule has 0 saturated carbocycles. The maximum absolute atomic E-state index is 12.6. The first kappa shape index (κ1) is 23.3. The van der Waals surface area contributed by atoms with Gasteiger partial charge in [-0.2, -0.15) is 0 Å². The number of nitrogens with zero attached hydrogens (tertiary/aromatic N) is 2. The molecule has 1 aliphatic rings. The van der Waals surface area contributed by atoms with E-state index >= 15 is 0 Å². The summed E-state index contributed by atoms with van der Waals surface area (Å²) in [5.74, 6) is -0.378. The van der Waals surface area contributed by atoms with E-state index in [4.69, 9.17) is 0 Å². The van der Waals surface area contributed by atoms with Crippen LogP contribution in [-0.4, -0.2) is 26.9 Å². The van der Waals surface area contributed by atoms with E-state index in [-0.39, 0.29) is 29.5 Å². The van der Waals surface area contributed by atoms with Crippen LogP contribution in [0.25, 0.3) is 5.57 Å². The summed E-state index contributed by atoms with van der Waals surface area (Å²) in [6, 6.07) is 1.41. The summed E-state index contributed by atoms with van der Waals surface area (Å²) >= 11 is 0. The molecule has 0 aliphatic heterocycles. The Hall–Kier alpha value is -2.96. The monoisotopic (exact) mass is 412 g/mol. The molecule has 7 nitrogen and oxygen atoms in total. The minimum Gasteiger partial charge on any atom is -0.350 e. The number of nitrogens with one attached hydrogen (secondary N) is 2. The topological polar surface area (TPSA) is 93.1 Å². The third-order valence-electron chi connectivity index (χ3n) is 4.53. The van der Waals surface area contributed by atoms with E-state index in [9.17, 15) is 14.4 Å². The van der Waals surface area contributed by atoms with Crippen LogP contribution in [0.2, 0.25) is 0 Å². The Morgan fingerprint density at radius 3 is 2.40 bits per heavy atom. The number of aromatic nitrogens is 2. The second-order valence-electron chi connectivity index (χ2n) is 9.56. The largest absolute Gasteiger partial charge is 0.350 e. The van der Waals surface area contributed by atoms with Crippen molar-refractivity contribution >= 4 is 17.4 Å². The fourth-order valence-corrected chi connectivity index (χ4v) is 2.92. The lowest BCUT2D eigenvalue weighted by Crippen LogP contribution is -2.43. The standard InChI is InChI=1S/C23H32N4O3/c1-8-15-9-10-16(18(11-15)25-21(30)22(2,3)4)17-12-20(29)27(14-24-17)13-19(28)26-23(5,6)7/h8,11-12,14H,1,9-10,13H2,2-7H3,(H,25,30)(H,26,28). The maximum Gasteiger partial charge on any atom is 0.254 e. The smallest absolute Gasteiger partial charge is 0.254 e. The molecule has 1 aromatic heterocycles. The summed E-state index contributed by atoms with van der Waals surface area (Å²) in [5, 5.41) is 5.79. The van der Waals surface area contributed by atoms with Gasteiger partial charge in [0.15, 0.2) is 0 Å². The van der Waals surface area contributed by atoms with Crippen LogP contribution in [-0.2, 0) is 16.1 Å². The van der Waals surface area contributed by atoms with Crippen molar-refractivity contribution in [1.82, 2.24) is 20.2 Å². The van der Waals surface area contributed by atoms with E-state index in [0.29, 0.717) is 17.8 Å².